The summed E-state index contributed by atoms with van der Waals surface area (Å²) in [6.45, 7) is 0.529. The topological polar surface area (TPSA) is 38.3 Å². The maximum absolute atomic E-state index is 12.4. The van der Waals surface area contributed by atoms with Crippen LogP contribution in [-0.2, 0) is 19.4 Å². The van der Waals surface area contributed by atoms with E-state index in [2.05, 4.69) is 16.9 Å². The molecule has 0 heterocycles. The van der Waals surface area contributed by atoms with E-state index in [1.165, 1.54) is 17.5 Å². The van der Waals surface area contributed by atoms with Crippen LogP contribution in [0.5, 0.6) is 5.75 Å². The number of carbonyl (C=O) groups is 1. The van der Waals surface area contributed by atoms with Crippen molar-refractivity contribution in [2.75, 3.05) is 0 Å². The summed E-state index contributed by atoms with van der Waals surface area (Å²) in [6, 6.07) is 33.5. The summed E-state index contributed by atoms with van der Waals surface area (Å²) in [6.07, 6.45) is 2.73. The molecule has 0 saturated carbocycles. The number of rotatable bonds is 10. The minimum absolute atomic E-state index is 0.0977. The zero-order valence-corrected chi connectivity index (χ0v) is 20.3. The predicted octanol–water partition coefficient (Wildman–Crippen LogP) is 7.53. The summed E-state index contributed by atoms with van der Waals surface area (Å²) in [5, 5.41) is 0.714. The number of carbonyl (C=O) groups excluding carboxylic acids is 1. The lowest BCUT2D eigenvalue weighted by Gasteiger charge is -2.12. The molecule has 172 valence electrons. The van der Waals surface area contributed by atoms with E-state index in [0.717, 1.165) is 41.0 Å². The van der Waals surface area contributed by atoms with Crippen LogP contribution in [0.1, 0.15) is 33.5 Å². The Morgan fingerprint density at radius 3 is 2.24 bits per heavy atom. The number of benzene rings is 4. The first kappa shape index (κ1) is 23.9. The van der Waals surface area contributed by atoms with Crippen LogP contribution >= 0.6 is 23.5 Å². The smallest absolute Gasteiger partial charge is 0.261 e. The first-order valence-electron chi connectivity index (χ1n) is 11.2. The average Bonchev–Trinajstić information content (AvgIpc) is 2.88. The number of hydrogen-bond donors (Lipinski definition) is 1. The Hall–Kier alpha value is -3.21. The summed E-state index contributed by atoms with van der Waals surface area (Å²) in [5.41, 5.74) is 4.09. The number of hydrogen-bond acceptors (Lipinski definition) is 3. The van der Waals surface area contributed by atoms with Crippen molar-refractivity contribution in [2.24, 2.45) is 0 Å². The minimum atomic E-state index is -0.0977. The number of aryl methyl sites for hydroxylation is 2. The Morgan fingerprint density at radius 1 is 0.794 bits per heavy atom. The fourth-order valence-electron chi connectivity index (χ4n) is 3.58. The SMILES string of the molecule is O=C(NSc1ccccc1)c1ccc(CCCc2cc(Cl)ccc2OCc2ccccc2)cc1. The van der Waals surface area contributed by atoms with E-state index in [-0.39, 0.29) is 5.91 Å². The third-order valence-electron chi connectivity index (χ3n) is 5.39. The van der Waals surface area contributed by atoms with Gasteiger partial charge >= 0.3 is 0 Å². The van der Waals surface area contributed by atoms with Gasteiger partial charge in [-0.1, -0.05) is 72.3 Å². The van der Waals surface area contributed by atoms with Crippen LogP contribution < -0.4 is 9.46 Å². The van der Waals surface area contributed by atoms with Gasteiger partial charge in [0, 0.05) is 15.5 Å². The van der Waals surface area contributed by atoms with E-state index in [9.17, 15) is 4.79 Å². The second-order valence-corrected chi connectivity index (χ2v) is 9.24. The molecule has 4 aromatic carbocycles. The van der Waals surface area contributed by atoms with Gasteiger partial charge in [0.2, 0.25) is 0 Å². The summed E-state index contributed by atoms with van der Waals surface area (Å²) >= 11 is 7.57. The van der Waals surface area contributed by atoms with E-state index in [1.54, 1.807) is 0 Å². The molecule has 0 radical (unpaired) electrons. The fourth-order valence-corrected chi connectivity index (χ4v) is 4.39. The van der Waals surface area contributed by atoms with Crippen molar-refractivity contribution in [3.05, 3.63) is 130 Å². The molecule has 0 aliphatic rings. The molecule has 34 heavy (non-hydrogen) atoms. The highest BCUT2D eigenvalue weighted by atomic mass is 35.5. The lowest BCUT2D eigenvalue weighted by Crippen LogP contribution is -2.15. The van der Waals surface area contributed by atoms with Crippen molar-refractivity contribution in [3.8, 4) is 5.75 Å². The summed E-state index contributed by atoms with van der Waals surface area (Å²) in [5.74, 6) is 0.774. The van der Waals surface area contributed by atoms with Crippen molar-refractivity contribution in [2.45, 2.75) is 30.8 Å². The van der Waals surface area contributed by atoms with Gasteiger partial charge in [-0.3, -0.25) is 9.52 Å². The van der Waals surface area contributed by atoms with Gasteiger partial charge in [0.05, 0.1) is 0 Å². The van der Waals surface area contributed by atoms with Crippen LogP contribution in [-0.4, -0.2) is 5.91 Å². The molecular weight excluding hydrogens is 462 g/mol. The monoisotopic (exact) mass is 487 g/mol. The number of nitrogens with one attached hydrogen (secondary N) is 1. The lowest BCUT2D eigenvalue weighted by atomic mass is 10.0. The molecule has 4 aromatic rings. The van der Waals surface area contributed by atoms with Gasteiger partial charge in [-0.15, -0.1) is 0 Å². The summed E-state index contributed by atoms with van der Waals surface area (Å²) in [4.78, 5) is 13.4. The van der Waals surface area contributed by atoms with Gasteiger partial charge in [0.15, 0.2) is 0 Å². The van der Waals surface area contributed by atoms with Crippen molar-refractivity contribution >= 4 is 29.5 Å². The molecule has 0 saturated heterocycles. The molecule has 3 nitrogen and oxygen atoms in total. The van der Waals surface area contributed by atoms with Crippen LogP contribution in [0.4, 0.5) is 0 Å². The lowest BCUT2D eigenvalue weighted by molar-refractivity contribution is 0.0984. The zero-order valence-electron chi connectivity index (χ0n) is 18.7. The molecule has 0 atom stereocenters. The van der Waals surface area contributed by atoms with Crippen molar-refractivity contribution < 1.29 is 9.53 Å². The largest absolute Gasteiger partial charge is 0.489 e. The zero-order chi connectivity index (χ0) is 23.6. The van der Waals surface area contributed by atoms with Crippen LogP contribution in [0.3, 0.4) is 0 Å². The van der Waals surface area contributed by atoms with Crippen LogP contribution in [0, 0.1) is 0 Å². The number of ether oxygens (including phenoxy) is 1. The molecule has 4 rings (SSSR count). The molecular formula is C29H26ClNO2S. The highest BCUT2D eigenvalue weighted by Gasteiger charge is 2.08. The van der Waals surface area contributed by atoms with Gasteiger partial charge in [0.25, 0.3) is 5.91 Å². The number of halogens is 1. The third-order valence-corrected chi connectivity index (χ3v) is 6.42. The van der Waals surface area contributed by atoms with E-state index in [1.807, 2.05) is 91.0 Å². The Kier molecular flexibility index (Phi) is 8.66. The molecule has 5 heteroatoms. The first-order chi connectivity index (χ1) is 16.7. The Bertz CT molecular complexity index is 1200. The van der Waals surface area contributed by atoms with E-state index in [4.69, 9.17) is 16.3 Å². The van der Waals surface area contributed by atoms with Crippen LogP contribution in [0.2, 0.25) is 5.02 Å². The average molecular weight is 488 g/mol. The second-order valence-electron chi connectivity index (χ2n) is 7.92. The van der Waals surface area contributed by atoms with Gasteiger partial charge in [-0.25, -0.2) is 0 Å². The third kappa shape index (κ3) is 7.14. The van der Waals surface area contributed by atoms with Gasteiger partial charge < -0.3 is 4.74 Å². The van der Waals surface area contributed by atoms with E-state index < -0.39 is 0 Å². The summed E-state index contributed by atoms with van der Waals surface area (Å²) in [7, 11) is 0. The van der Waals surface area contributed by atoms with Crippen molar-refractivity contribution in [1.82, 2.24) is 4.72 Å². The maximum Gasteiger partial charge on any atom is 0.261 e. The molecule has 0 aromatic heterocycles. The molecule has 0 aliphatic carbocycles. The Labute approximate surface area is 210 Å². The highest BCUT2D eigenvalue weighted by Crippen LogP contribution is 2.26. The van der Waals surface area contributed by atoms with Gasteiger partial charge in [-0.05, 0) is 90.4 Å². The molecule has 0 unspecified atom stereocenters. The quantitative estimate of drug-likeness (QED) is 0.235. The van der Waals surface area contributed by atoms with Crippen LogP contribution in [0.25, 0.3) is 0 Å². The van der Waals surface area contributed by atoms with Crippen molar-refractivity contribution in [3.63, 3.8) is 0 Å². The minimum Gasteiger partial charge on any atom is -0.489 e. The predicted molar refractivity (Wildman–Crippen MR) is 140 cm³/mol. The van der Waals surface area contributed by atoms with E-state index >= 15 is 0 Å². The molecule has 0 spiro atoms. The second kappa shape index (κ2) is 12.3. The molecule has 0 aliphatic heterocycles. The van der Waals surface area contributed by atoms with Gasteiger partial charge in [0.1, 0.15) is 12.4 Å². The Morgan fingerprint density at radius 2 is 1.50 bits per heavy atom. The van der Waals surface area contributed by atoms with Crippen molar-refractivity contribution in [1.29, 1.82) is 0 Å². The maximum atomic E-state index is 12.4. The molecule has 1 amide bonds. The highest BCUT2D eigenvalue weighted by molar-refractivity contribution is 7.98. The molecule has 1 N–H and O–H groups in total. The molecule has 0 bridgehead atoms. The van der Waals surface area contributed by atoms with Gasteiger partial charge in [-0.2, -0.15) is 0 Å². The number of amides is 1. The van der Waals surface area contributed by atoms with E-state index in [0.29, 0.717) is 17.2 Å². The summed E-state index contributed by atoms with van der Waals surface area (Å²) < 4.78 is 8.96. The fraction of sp³-hybridized carbons (Fsp3) is 0.138. The Balaban J connectivity index is 1.28. The molecule has 0 fully saturated rings. The first-order valence-corrected chi connectivity index (χ1v) is 12.4. The van der Waals surface area contributed by atoms with Crippen LogP contribution in [0.15, 0.2) is 108 Å². The standard InChI is InChI=1S/C29H26ClNO2S/c30-26-18-19-28(33-21-23-8-3-1-4-9-23)25(20-26)11-7-10-22-14-16-24(17-15-22)29(32)31-34-27-12-5-2-6-13-27/h1-6,8-9,12-20H,7,10-11,21H2,(H,31,32). The normalized spacial score (nSPS) is 10.6.